The predicted octanol–water partition coefficient (Wildman–Crippen LogP) is 1.38. The average molecular weight is 283 g/mol. The monoisotopic (exact) mass is 283 g/mol. The number of aromatic nitrogens is 1. The lowest BCUT2D eigenvalue weighted by Gasteiger charge is -2.38. The quantitative estimate of drug-likeness (QED) is 0.870. The zero-order valence-corrected chi connectivity index (χ0v) is 11.8. The Hall–Kier alpha value is -1.47. The van der Waals surface area contributed by atoms with E-state index in [1.165, 1.54) is 4.90 Å². The van der Waals surface area contributed by atoms with Gasteiger partial charge in [-0.1, -0.05) is 0 Å². The van der Waals surface area contributed by atoms with Crippen LogP contribution in [0.2, 0.25) is 0 Å². The van der Waals surface area contributed by atoms with E-state index < -0.39 is 11.5 Å². The third-order valence-electron chi connectivity index (χ3n) is 3.59. The lowest BCUT2D eigenvalue weighted by atomic mass is 9.75. The summed E-state index contributed by atoms with van der Waals surface area (Å²) in [6.45, 7) is 1.62. The van der Waals surface area contributed by atoms with Crippen LogP contribution in [0.3, 0.4) is 0 Å². The van der Waals surface area contributed by atoms with Crippen LogP contribution in [-0.4, -0.2) is 33.9 Å². The van der Waals surface area contributed by atoms with Crippen molar-refractivity contribution in [2.45, 2.75) is 38.1 Å². The molecule has 0 radical (unpaired) electrons. The van der Waals surface area contributed by atoms with Crippen LogP contribution in [0.25, 0.3) is 0 Å². The van der Waals surface area contributed by atoms with Crippen LogP contribution in [0, 0.1) is 6.92 Å². The SMILES string of the molecule is Cc1nsc(N(C)C(=O)CC2(N)CCC2)c1C(=O)O. The minimum atomic E-state index is -1.06. The van der Waals surface area contributed by atoms with E-state index >= 15 is 0 Å². The summed E-state index contributed by atoms with van der Waals surface area (Å²) < 4.78 is 4.01. The van der Waals surface area contributed by atoms with Crippen LogP contribution in [0.5, 0.6) is 0 Å². The van der Waals surface area contributed by atoms with Gasteiger partial charge in [0, 0.05) is 19.0 Å². The Kier molecular flexibility index (Phi) is 3.60. The van der Waals surface area contributed by atoms with E-state index in [9.17, 15) is 9.59 Å². The van der Waals surface area contributed by atoms with Crippen molar-refractivity contribution in [1.29, 1.82) is 0 Å². The number of nitrogens with two attached hydrogens (primary N) is 1. The third-order valence-corrected chi connectivity index (χ3v) is 4.61. The highest BCUT2D eigenvalue weighted by Crippen LogP contribution is 2.34. The molecule has 1 aliphatic rings. The molecule has 0 saturated heterocycles. The number of carbonyl (C=O) groups is 2. The summed E-state index contributed by atoms with van der Waals surface area (Å²) in [5, 5.41) is 9.53. The Morgan fingerprint density at radius 3 is 2.63 bits per heavy atom. The second kappa shape index (κ2) is 4.90. The van der Waals surface area contributed by atoms with Crippen molar-refractivity contribution in [2.24, 2.45) is 5.73 Å². The number of carboxylic acids is 1. The average Bonchev–Trinajstić information content (AvgIpc) is 2.68. The van der Waals surface area contributed by atoms with Crippen LogP contribution < -0.4 is 10.6 Å². The van der Waals surface area contributed by atoms with Gasteiger partial charge in [-0.2, -0.15) is 4.37 Å². The minimum absolute atomic E-state index is 0.0977. The number of hydrogen-bond donors (Lipinski definition) is 2. The maximum atomic E-state index is 12.2. The number of hydrogen-bond acceptors (Lipinski definition) is 5. The molecule has 1 aromatic heterocycles. The summed E-state index contributed by atoms with van der Waals surface area (Å²) in [6.07, 6.45) is 2.99. The summed E-state index contributed by atoms with van der Waals surface area (Å²) in [5.74, 6) is -1.22. The molecule has 1 heterocycles. The number of aromatic carboxylic acids is 1. The number of amides is 1. The van der Waals surface area contributed by atoms with Crippen molar-refractivity contribution < 1.29 is 14.7 Å². The molecule has 0 spiro atoms. The molecule has 3 N–H and O–H groups in total. The van der Waals surface area contributed by atoms with Gasteiger partial charge in [-0.3, -0.25) is 4.79 Å². The molecule has 1 aliphatic carbocycles. The fourth-order valence-corrected chi connectivity index (χ4v) is 3.04. The normalized spacial score (nSPS) is 16.8. The maximum Gasteiger partial charge on any atom is 0.340 e. The summed E-state index contributed by atoms with van der Waals surface area (Å²) in [4.78, 5) is 24.7. The predicted molar refractivity (Wildman–Crippen MR) is 72.6 cm³/mol. The molecule has 1 saturated carbocycles. The molecule has 0 atom stereocenters. The van der Waals surface area contributed by atoms with Gasteiger partial charge >= 0.3 is 5.97 Å². The van der Waals surface area contributed by atoms with Crippen molar-refractivity contribution in [2.75, 3.05) is 11.9 Å². The lowest BCUT2D eigenvalue weighted by molar-refractivity contribution is -0.120. The van der Waals surface area contributed by atoms with Crippen molar-refractivity contribution >= 4 is 28.4 Å². The zero-order chi connectivity index (χ0) is 14.2. The highest BCUT2D eigenvalue weighted by molar-refractivity contribution is 7.11. The van der Waals surface area contributed by atoms with Gasteiger partial charge in [0.05, 0.1) is 5.69 Å². The van der Waals surface area contributed by atoms with Gasteiger partial charge in [0.25, 0.3) is 0 Å². The molecular formula is C12H17N3O3S. The highest BCUT2D eigenvalue weighted by atomic mass is 32.1. The molecule has 0 unspecified atom stereocenters. The van der Waals surface area contributed by atoms with Gasteiger partial charge in [-0.15, -0.1) is 0 Å². The topological polar surface area (TPSA) is 96.5 Å². The summed E-state index contributed by atoms with van der Waals surface area (Å²) in [6, 6.07) is 0. The molecule has 1 aromatic rings. The fraction of sp³-hybridized carbons (Fsp3) is 0.583. The molecule has 2 rings (SSSR count). The van der Waals surface area contributed by atoms with Crippen LogP contribution >= 0.6 is 11.5 Å². The summed E-state index contributed by atoms with van der Waals surface area (Å²) in [7, 11) is 1.57. The first-order valence-corrected chi connectivity index (χ1v) is 6.86. The van der Waals surface area contributed by atoms with Crippen LogP contribution in [-0.2, 0) is 4.79 Å². The van der Waals surface area contributed by atoms with Gasteiger partial charge in [-0.25, -0.2) is 4.79 Å². The number of rotatable bonds is 4. The Balaban J connectivity index is 2.17. The number of anilines is 1. The van der Waals surface area contributed by atoms with Crippen LogP contribution in [0.4, 0.5) is 5.00 Å². The summed E-state index contributed by atoms with van der Waals surface area (Å²) in [5.41, 5.74) is 6.17. The van der Waals surface area contributed by atoms with Crippen molar-refractivity contribution in [3.63, 3.8) is 0 Å². The Bertz CT molecular complexity index is 522. The highest BCUT2D eigenvalue weighted by Gasteiger charge is 2.36. The minimum Gasteiger partial charge on any atom is -0.478 e. The van der Waals surface area contributed by atoms with E-state index in [0.29, 0.717) is 10.7 Å². The molecular weight excluding hydrogens is 266 g/mol. The number of aryl methyl sites for hydroxylation is 1. The van der Waals surface area contributed by atoms with Gasteiger partial charge in [0.1, 0.15) is 10.6 Å². The Morgan fingerprint density at radius 1 is 1.53 bits per heavy atom. The fourth-order valence-electron chi connectivity index (χ4n) is 2.17. The molecule has 19 heavy (non-hydrogen) atoms. The molecule has 1 amide bonds. The van der Waals surface area contributed by atoms with Crippen molar-refractivity contribution in [3.05, 3.63) is 11.3 Å². The van der Waals surface area contributed by atoms with Gasteiger partial charge in [-0.05, 0) is 37.7 Å². The van der Waals surface area contributed by atoms with E-state index in [4.69, 9.17) is 10.8 Å². The van der Waals surface area contributed by atoms with Crippen LogP contribution in [0.15, 0.2) is 0 Å². The Labute approximate surface area is 115 Å². The van der Waals surface area contributed by atoms with E-state index in [-0.39, 0.29) is 17.9 Å². The van der Waals surface area contributed by atoms with Crippen molar-refractivity contribution in [3.8, 4) is 0 Å². The first-order chi connectivity index (χ1) is 8.84. The third kappa shape index (κ3) is 2.62. The summed E-state index contributed by atoms with van der Waals surface area (Å²) >= 11 is 1.03. The molecule has 104 valence electrons. The van der Waals surface area contributed by atoms with E-state index in [0.717, 1.165) is 30.8 Å². The molecule has 6 nitrogen and oxygen atoms in total. The maximum absolute atomic E-state index is 12.2. The zero-order valence-electron chi connectivity index (χ0n) is 11.0. The Morgan fingerprint density at radius 2 is 2.16 bits per heavy atom. The second-order valence-electron chi connectivity index (χ2n) is 5.10. The van der Waals surface area contributed by atoms with Gasteiger partial charge < -0.3 is 15.7 Å². The number of nitrogens with zero attached hydrogens (tertiary/aromatic N) is 2. The van der Waals surface area contributed by atoms with Gasteiger partial charge in [0.2, 0.25) is 5.91 Å². The van der Waals surface area contributed by atoms with Crippen molar-refractivity contribution in [1.82, 2.24) is 4.37 Å². The number of carbonyl (C=O) groups excluding carboxylic acids is 1. The molecule has 0 aromatic carbocycles. The molecule has 7 heteroatoms. The van der Waals surface area contributed by atoms with Crippen LogP contribution in [0.1, 0.15) is 41.7 Å². The first kappa shape index (κ1) is 14.0. The first-order valence-electron chi connectivity index (χ1n) is 6.09. The van der Waals surface area contributed by atoms with Gasteiger partial charge in [0.15, 0.2) is 0 Å². The van der Waals surface area contributed by atoms with E-state index in [1.54, 1.807) is 14.0 Å². The largest absolute Gasteiger partial charge is 0.478 e. The standard InChI is InChI=1S/C12H17N3O3S/c1-7-9(11(17)18)10(19-14-7)15(2)8(16)6-12(13)4-3-5-12/h3-6,13H2,1-2H3,(H,17,18). The lowest BCUT2D eigenvalue weighted by Crippen LogP contribution is -2.50. The smallest absolute Gasteiger partial charge is 0.340 e. The number of carboxylic acid groups (broad SMARTS) is 1. The molecule has 0 aliphatic heterocycles. The van der Waals surface area contributed by atoms with E-state index in [2.05, 4.69) is 4.37 Å². The molecule has 1 fully saturated rings. The van der Waals surface area contributed by atoms with E-state index in [1.807, 2.05) is 0 Å². The molecule has 0 bridgehead atoms. The second-order valence-corrected chi connectivity index (χ2v) is 5.85.